The first-order chi connectivity index (χ1) is 8.97. The highest BCUT2D eigenvalue weighted by atomic mass is 16.6. The highest BCUT2D eigenvalue weighted by Crippen LogP contribution is 2.01. The average molecular weight is 272 g/mol. The number of rotatable bonds is 10. The molecule has 0 saturated heterocycles. The lowest BCUT2D eigenvalue weighted by Gasteiger charge is -2.10. The van der Waals surface area contributed by atoms with E-state index >= 15 is 0 Å². The fraction of sp³-hybridized carbons (Fsp3) is 0.714. The number of carbonyl (C=O) groups excluding carboxylic acids is 2. The van der Waals surface area contributed by atoms with E-state index in [0.717, 1.165) is 6.42 Å². The van der Waals surface area contributed by atoms with Crippen LogP contribution in [0.3, 0.4) is 0 Å². The monoisotopic (exact) mass is 272 g/mol. The number of ether oxygens (including phenoxy) is 3. The van der Waals surface area contributed by atoms with Gasteiger partial charge in [0.15, 0.2) is 0 Å². The van der Waals surface area contributed by atoms with Crippen LogP contribution in [0, 0.1) is 0 Å². The van der Waals surface area contributed by atoms with Crippen LogP contribution in [0.15, 0.2) is 12.2 Å². The van der Waals surface area contributed by atoms with Crippen LogP contribution in [0.4, 0.5) is 0 Å². The Labute approximate surface area is 114 Å². The molecular formula is C14H24O5. The average Bonchev–Trinajstić information content (AvgIpc) is 2.36. The Bertz CT molecular complexity index is 298. The summed E-state index contributed by atoms with van der Waals surface area (Å²) in [5, 5.41) is 0. The fourth-order valence-electron chi connectivity index (χ4n) is 1.10. The van der Waals surface area contributed by atoms with Crippen LogP contribution in [0.2, 0.25) is 0 Å². The van der Waals surface area contributed by atoms with E-state index in [1.54, 1.807) is 6.92 Å². The molecule has 110 valence electrons. The van der Waals surface area contributed by atoms with Gasteiger partial charge in [0.2, 0.25) is 0 Å². The molecule has 5 nitrogen and oxygen atoms in total. The van der Waals surface area contributed by atoms with Gasteiger partial charge in [-0.25, -0.2) is 4.79 Å². The predicted octanol–water partition coefficient (Wildman–Crippen LogP) is 2.24. The molecule has 0 spiro atoms. The van der Waals surface area contributed by atoms with E-state index in [9.17, 15) is 9.59 Å². The Morgan fingerprint density at radius 1 is 1.21 bits per heavy atom. The first kappa shape index (κ1) is 17.6. The minimum atomic E-state index is -0.416. The van der Waals surface area contributed by atoms with Crippen molar-refractivity contribution < 1.29 is 23.8 Å². The van der Waals surface area contributed by atoms with Crippen molar-refractivity contribution in [2.75, 3.05) is 19.8 Å². The van der Waals surface area contributed by atoms with Crippen molar-refractivity contribution >= 4 is 11.9 Å². The molecule has 0 radical (unpaired) electrons. The third kappa shape index (κ3) is 10.3. The minimum Gasteiger partial charge on any atom is -0.463 e. The lowest BCUT2D eigenvalue weighted by molar-refractivity contribution is -0.148. The van der Waals surface area contributed by atoms with E-state index < -0.39 is 5.97 Å². The molecule has 19 heavy (non-hydrogen) atoms. The SMILES string of the molecule is C=C(C)C(=O)OCCOCCCC(=O)OC(C)CC. The Morgan fingerprint density at radius 2 is 1.89 bits per heavy atom. The quantitative estimate of drug-likeness (QED) is 0.347. The standard InChI is InChI=1S/C14H24O5/c1-5-12(4)19-13(15)7-6-8-17-9-10-18-14(16)11(2)3/h12H,2,5-10H2,1,3-4H3. The largest absolute Gasteiger partial charge is 0.463 e. The molecule has 0 bridgehead atoms. The van der Waals surface area contributed by atoms with Crippen molar-refractivity contribution in [1.82, 2.24) is 0 Å². The van der Waals surface area contributed by atoms with Gasteiger partial charge < -0.3 is 14.2 Å². The van der Waals surface area contributed by atoms with Gasteiger partial charge in [-0.1, -0.05) is 13.5 Å². The van der Waals surface area contributed by atoms with Gasteiger partial charge in [0.1, 0.15) is 6.61 Å². The van der Waals surface area contributed by atoms with Gasteiger partial charge in [0, 0.05) is 18.6 Å². The van der Waals surface area contributed by atoms with E-state index in [-0.39, 0.29) is 18.7 Å². The molecule has 0 rings (SSSR count). The molecule has 1 unspecified atom stereocenters. The second kappa shape index (κ2) is 10.6. The van der Waals surface area contributed by atoms with Crippen LogP contribution >= 0.6 is 0 Å². The summed E-state index contributed by atoms with van der Waals surface area (Å²) in [6, 6.07) is 0. The Hall–Kier alpha value is -1.36. The zero-order valence-electron chi connectivity index (χ0n) is 12.1. The molecule has 0 aliphatic carbocycles. The number of carbonyl (C=O) groups is 2. The van der Waals surface area contributed by atoms with Crippen molar-refractivity contribution in [1.29, 1.82) is 0 Å². The van der Waals surface area contributed by atoms with E-state index in [1.807, 2.05) is 13.8 Å². The summed E-state index contributed by atoms with van der Waals surface area (Å²) < 4.78 is 15.2. The van der Waals surface area contributed by atoms with Crippen molar-refractivity contribution in [2.45, 2.75) is 46.1 Å². The lowest BCUT2D eigenvalue weighted by Crippen LogP contribution is -2.15. The molecule has 5 heteroatoms. The molecular weight excluding hydrogens is 248 g/mol. The maximum absolute atomic E-state index is 11.3. The summed E-state index contributed by atoms with van der Waals surface area (Å²) >= 11 is 0. The zero-order valence-corrected chi connectivity index (χ0v) is 12.1. The van der Waals surface area contributed by atoms with Crippen molar-refractivity contribution in [3.8, 4) is 0 Å². The summed E-state index contributed by atoms with van der Waals surface area (Å²) in [4.78, 5) is 22.3. The summed E-state index contributed by atoms with van der Waals surface area (Å²) in [5.41, 5.74) is 0.368. The van der Waals surface area contributed by atoms with Crippen LogP contribution in [0.1, 0.15) is 40.0 Å². The molecule has 0 aliphatic heterocycles. The molecule has 0 aromatic heterocycles. The molecule has 0 aromatic carbocycles. The Morgan fingerprint density at radius 3 is 2.47 bits per heavy atom. The lowest BCUT2D eigenvalue weighted by atomic mass is 10.3. The first-order valence-electron chi connectivity index (χ1n) is 6.57. The number of esters is 2. The number of hydrogen-bond acceptors (Lipinski definition) is 5. The van der Waals surface area contributed by atoms with Gasteiger partial charge in [-0.2, -0.15) is 0 Å². The third-order valence-electron chi connectivity index (χ3n) is 2.39. The van der Waals surface area contributed by atoms with E-state index in [1.165, 1.54) is 0 Å². The van der Waals surface area contributed by atoms with Crippen LogP contribution < -0.4 is 0 Å². The molecule has 0 amide bonds. The second-order valence-electron chi connectivity index (χ2n) is 4.34. The number of hydrogen-bond donors (Lipinski definition) is 0. The highest BCUT2D eigenvalue weighted by Gasteiger charge is 2.07. The second-order valence-corrected chi connectivity index (χ2v) is 4.34. The molecule has 0 N–H and O–H groups in total. The molecule has 1 atom stereocenters. The van der Waals surface area contributed by atoms with Crippen LogP contribution in [0.25, 0.3) is 0 Å². The van der Waals surface area contributed by atoms with Gasteiger partial charge in [-0.3, -0.25) is 4.79 Å². The Balaban J connectivity index is 3.38. The van der Waals surface area contributed by atoms with Crippen LogP contribution in [-0.4, -0.2) is 37.9 Å². The van der Waals surface area contributed by atoms with Crippen molar-refractivity contribution in [2.24, 2.45) is 0 Å². The molecule has 0 aromatic rings. The maximum atomic E-state index is 11.3. The van der Waals surface area contributed by atoms with Gasteiger partial charge in [0.05, 0.1) is 12.7 Å². The van der Waals surface area contributed by atoms with E-state index in [0.29, 0.717) is 31.6 Å². The maximum Gasteiger partial charge on any atom is 0.333 e. The van der Waals surface area contributed by atoms with E-state index in [4.69, 9.17) is 14.2 Å². The van der Waals surface area contributed by atoms with Gasteiger partial charge in [-0.05, 0) is 26.7 Å². The summed E-state index contributed by atoms with van der Waals surface area (Å²) in [5.74, 6) is -0.618. The third-order valence-corrected chi connectivity index (χ3v) is 2.39. The molecule has 0 fully saturated rings. The van der Waals surface area contributed by atoms with Gasteiger partial charge >= 0.3 is 11.9 Å². The highest BCUT2D eigenvalue weighted by molar-refractivity contribution is 5.86. The smallest absolute Gasteiger partial charge is 0.333 e. The van der Waals surface area contributed by atoms with Gasteiger partial charge in [-0.15, -0.1) is 0 Å². The van der Waals surface area contributed by atoms with Crippen LogP contribution in [0.5, 0.6) is 0 Å². The predicted molar refractivity (Wildman–Crippen MR) is 71.7 cm³/mol. The molecule has 0 saturated carbocycles. The van der Waals surface area contributed by atoms with Crippen LogP contribution in [-0.2, 0) is 23.8 Å². The minimum absolute atomic E-state index is 0.0324. The molecule has 0 heterocycles. The van der Waals surface area contributed by atoms with Crippen molar-refractivity contribution in [3.63, 3.8) is 0 Å². The van der Waals surface area contributed by atoms with Gasteiger partial charge in [0.25, 0.3) is 0 Å². The summed E-state index contributed by atoms with van der Waals surface area (Å²) in [6.07, 6.45) is 1.73. The summed E-state index contributed by atoms with van der Waals surface area (Å²) in [7, 11) is 0. The summed E-state index contributed by atoms with van der Waals surface area (Å²) in [6.45, 7) is 9.85. The topological polar surface area (TPSA) is 61.8 Å². The van der Waals surface area contributed by atoms with E-state index in [2.05, 4.69) is 6.58 Å². The first-order valence-corrected chi connectivity index (χ1v) is 6.57. The Kier molecular flexibility index (Phi) is 9.80. The zero-order chi connectivity index (χ0) is 14.7. The normalized spacial score (nSPS) is 11.7. The van der Waals surface area contributed by atoms with Crippen molar-refractivity contribution in [3.05, 3.63) is 12.2 Å². The molecule has 0 aliphatic rings. The fourth-order valence-corrected chi connectivity index (χ4v) is 1.10.